The molecule has 1 rings (SSSR count). The molecule has 0 saturated heterocycles. The van der Waals surface area contributed by atoms with Crippen molar-refractivity contribution in [2.24, 2.45) is 0 Å². The summed E-state index contributed by atoms with van der Waals surface area (Å²) in [6.45, 7) is 2.28. The Bertz CT molecular complexity index is 196. The van der Waals surface area contributed by atoms with Gasteiger partial charge < -0.3 is 4.90 Å². The molecule has 0 radical (unpaired) electrons. The Hall–Kier alpha value is 0.01000. The summed E-state index contributed by atoms with van der Waals surface area (Å²) in [5, 5.41) is 2.14. The van der Waals surface area contributed by atoms with Gasteiger partial charge >= 0.3 is 0 Å². The maximum atomic E-state index is 2.36. The Labute approximate surface area is 82.8 Å². The van der Waals surface area contributed by atoms with Crippen molar-refractivity contribution in [3.8, 4) is 0 Å². The second kappa shape index (κ2) is 5.62. The van der Waals surface area contributed by atoms with Crippen LogP contribution in [0.4, 0.5) is 0 Å². The van der Waals surface area contributed by atoms with Crippen LogP contribution in [-0.4, -0.2) is 30.5 Å². The molecule has 1 aromatic heterocycles. The van der Waals surface area contributed by atoms with E-state index in [2.05, 4.69) is 35.7 Å². The first-order chi connectivity index (χ1) is 5.83. The molecule has 0 aromatic carbocycles. The average Bonchev–Trinajstić information content (AvgIpc) is 2.53. The average molecular weight is 201 g/mol. The van der Waals surface area contributed by atoms with Crippen molar-refractivity contribution < 1.29 is 0 Å². The van der Waals surface area contributed by atoms with Gasteiger partial charge in [-0.15, -0.1) is 11.3 Å². The molecule has 1 nitrogen and oxygen atoms in total. The SMILES string of the molecule is CSCCN(C)Cc1cccs1. The first kappa shape index (κ1) is 10.1. The van der Waals surface area contributed by atoms with Gasteiger partial charge in [0.05, 0.1) is 0 Å². The van der Waals surface area contributed by atoms with Crippen LogP contribution < -0.4 is 0 Å². The Morgan fingerprint density at radius 1 is 1.58 bits per heavy atom. The summed E-state index contributed by atoms with van der Waals surface area (Å²) in [6.07, 6.45) is 2.15. The first-order valence-electron chi connectivity index (χ1n) is 4.03. The molecule has 0 saturated carbocycles. The fraction of sp³-hybridized carbons (Fsp3) is 0.556. The van der Waals surface area contributed by atoms with E-state index in [1.807, 2.05) is 23.1 Å². The molecule has 0 aliphatic rings. The maximum absolute atomic E-state index is 2.36. The fourth-order valence-corrected chi connectivity index (χ4v) is 2.27. The molecule has 0 N–H and O–H groups in total. The topological polar surface area (TPSA) is 3.24 Å². The van der Waals surface area contributed by atoms with Gasteiger partial charge in [-0.1, -0.05) is 6.07 Å². The van der Waals surface area contributed by atoms with Gasteiger partial charge in [0.25, 0.3) is 0 Å². The number of thiophene rings is 1. The van der Waals surface area contributed by atoms with Gasteiger partial charge in [0.1, 0.15) is 0 Å². The monoisotopic (exact) mass is 201 g/mol. The molecule has 0 unspecified atom stereocenters. The van der Waals surface area contributed by atoms with Crippen molar-refractivity contribution in [2.45, 2.75) is 6.54 Å². The van der Waals surface area contributed by atoms with Crippen LogP contribution in [0.5, 0.6) is 0 Å². The van der Waals surface area contributed by atoms with E-state index in [4.69, 9.17) is 0 Å². The zero-order valence-electron chi connectivity index (χ0n) is 7.62. The highest BCUT2D eigenvalue weighted by atomic mass is 32.2. The molecule has 0 aliphatic carbocycles. The van der Waals surface area contributed by atoms with E-state index in [0.29, 0.717) is 0 Å². The molecular weight excluding hydrogens is 186 g/mol. The molecule has 0 atom stereocenters. The van der Waals surface area contributed by atoms with Gasteiger partial charge in [-0.3, -0.25) is 0 Å². The Kier molecular flexibility index (Phi) is 4.73. The number of nitrogens with zero attached hydrogens (tertiary/aromatic N) is 1. The molecule has 0 amide bonds. The minimum Gasteiger partial charge on any atom is -0.300 e. The third kappa shape index (κ3) is 3.61. The highest BCUT2D eigenvalue weighted by Crippen LogP contribution is 2.10. The van der Waals surface area contributed by atoms with Crippen LogP contribution in [0.15, 0.2) is 17.5 Å². The Morgan fingerprint density at radius 2 is 2.42 bits per heavy atom. The van der Waals surface area contributed by atoms with Crippen LogP contribution in [0.3, 0.4) is 0 Å². The predicted molar refractivity (Wildman–Crippen MR) is 59.0 cm³/mol. The summed E-state index contributed by atoms with van der Waals surface area (Å²) in [7, 11) is 2.18. The molecular formula is C9H15NS2. The molecule has 1 heterocycles. The Balaban J connectivity index is 2.22. The largest absolute Gasteiger partial charge is 0.300 e. The second-order valence-corrected chi connectivity index (χ2v) is 4.83. The zero-order chi connectivity index (χ0) is 8.81. The second-order valence-electron chi connectivity index (χ2n) is 2.81. The van der Waals surface area contributed by atoms with E-state index in [0.717, 1.165) is 6.54 Å². The van der Waals surface area contributed by atoms with E-state index >= 15 is 0 Å². The molecule has 0 aliphatic heterocycles. The van der Waals surface area contributed by atoms with Gasteiger partial charge in [0.15, 0.2) is 0 Å². The molecule has 0 bridgehead atoms. The minimum absolute atomic E-state index is 1.10. The van der Waals surface area contributed by atoms with Crippen LogP contribution >= 0.6 is 23.1 Å². The van der Waals surface area contributed by atoms with Crippen molar-refractivity contribution in [2.75, 3.05) is 25.6 Å². The van der Waals surface area contributed by atoms with E-state index in [9.17, 15) is 0 Å². The minimum atomic E-state index is 1.10. The molecule has 0 fully saturated rings. The highest BCUT2D eigenvalue weighted by molar-refractivity contribution is 7.98. The number of rotatable bonds is 5. The summed E-state index contributed by atoms with van der Waals surface area (Å²) < 4.78 is 0. The summed E-state index contributed by atoms with van der Waals surface area (Å²) in [6, 6.07) is 4.31. The van der Waals surface area contributed by atoms with Gasteiger partial charge in [-0.2, -0.15) is 11.8 Å². The molecule has 1 aromatic rings. The van der Waals surface area contributed by atoms with Gasteiger partial charge in [-0.25, -0.2) is 0 Å². The summed E-state index contributed by atoms with van der Waals surface area (Å²) in [5.74, 6) is 1.22. The predicted octanol–water partition coefficient (Wildman–Crippen LogP) is 2.54. The van der Waals surface area contributed by atoms with Crippen LogP contribution in [0.1, 0.15) is 4.88 Å². The number of hydrogen-bond donors (Lipinski definition) is 0. The summed E-state index contributed by atoms with van der Waals surface area (Å²) >= 11 is 3.74. The van der Waals surface area contributed by atoms with Crippen LogP contribution in [0, 0.1) is 0 Å². The Morgan fingerprint density at radius 3 is 3.00 bits per heavy atom. The van der Waals surface area contributed by atoms with Crippen molar-refractivity contribution in [3.63, 3.8) is 0 Å². The van der Waals surface area contributed by atoms with Crippen LogP contribution in [0.2, 0.25) is 0 Å². The van der Waals surface area contributed by atoms with Gasteiger partial charge in [-0.05, 0) is 24.7 Å². The quantitative estimate of drug-likeness (QED) is 0.720. The zero-order valence-corrected chi connectivity index (χ0v) is 9.25. The third-order valence-electron chi connectivity index (χ3n) is 1.68. The molecule has 68 valence electrons. The van der Waals surface area contributed by atoms with Crippen molar-refractivity contribution in [3.05, 3.63) is 22.4 Å². The maximum Gasteiger partial charge on any atom is 0.0325 e. The fourth-order valence-electron chi connectivity index (χ4n) is 0.995. The third-order valence-corrected chi connectivity index (χ3v) is 3.13. The van der Waals surface area contributed by atoms with E-state index in [-0.39, 0.29) is 0 Å². The van der Waals surface area contributed by atoms with Crippen molar-refractivity contribution >= 4 is 23.1 Å². The molecule has 3 heteroatoms. The smallest absolute Gasteiger partial charge is 0.0325 e. The van der Waals surface area contributed by atoms with Crippen LogP contribution in [-0.2, 0) is 6.54 Å². The standard InChI is InChI=1S/C9H15NS2/c1-10(5-7-11-2)8-9-4-3-6-12-9/h3-4,6H,5,7-8H2,1-2H3. The van der Waals surface area contributed by atoms with E-state index in [1.54, 1.807) is 0 Å². The lowest BCUT2D eigenvalue weighted by Gasteiger charge is -2.14. The van der Waals surface area contributed by atoms with Gasteiger partial charge in [0, 0.05) is 23.7 Å². The van der Waals surface area contributed by atoms with E-state index in [1.165, 1.54) is 17.2 Å². The normalized spacial score (nSPS) is 10.9. The van der Waals surface area contributed by atoms with Crippen LogP contribution in [0.25, 0.3) is 0 Å². The summed E-state index contributed by atoms with van der Waals surface area (Å²) in [4.78, 5) is 3.82. The van der Waals surface area contributed by atoms with Crippen molar-refractivity contribution in [1.82, 2.24) is 4.90 Å². The number of hydrogen-bond acceptors (Lipinski definition) is 3. The molecule has 12 heavy (non-hydrogen) atoms. The summed E-state index contributed by atoms with van der Waals surface area (Å²) in [5.41, 5.74) is 0. The lowest BCUT2D eigenvalue weighted by atomic mass is 10.4. The van der Waals surface area contributed by atoms with E-state index < -0.39 is 0 Å². The lowest BCUT2D eigenvalue weighted by Crippen LogP contribution is -2.19. The lowest BCUT2D eigenvalue weighted by molar-refractivity contribution is 0.352. The number of thioether (sulfide) groups is 1. The van der Waals surface area contributed by atoms with Crippen molar-refractivity contribution in [1.29, 1.82) is 0 Å². The molecule has 0 spiro atoms. The van der Waals surface area contributed by atoms with Gasteiger partial charge in [0.2, 0.25) is 0 Å². The highest BCUT2D eigenvalue weighted by Gasteiger charge is 1.99. The first-order valence-corrected chi connectivity index (χ1v) is 6.30.